The van der Waals surface area contributed by atoms with Crippen LogP contribution in [0.15, 0.2) is 24.3 Å². The molecule has 0 bridgehead atoms. The first-order valence-electron chi connectivity index (χ1n) is 5.43. The van der Waals surface area contributed by atoms with Crippen LogP contribution < -0.4 is 9.47 Å². The van der Waals surface area contributed by atoms with Crippen molar-refractivity contribution in [3.8, 4) is 17.6 Å². The molecular formula is C13H10N2O2. The quantitative estimate of drug-likeness (QED) is 0.747. The molecule has 84 valence electrons. The molecule has 0 spiro atoms. The Morgan fingerprint density at radius 3 is 2.71 bits per heavy atom. The topological polar surface area (TPSA) is 55.1 Å². The van der Waals surface area contributed by atoms with Crippen LogP contribution in [0.3, 0.4) is 0 Å². The Kier molecular flexibility index (Phi) is 2.30. The van der Waals surface area contributed by atoms with Gasteiger partial charge in [-0.05, 0) is 12.1 Å². The highest BCUT2D eigenvalue weighted by Crippen LogP contribution is 2.33. The van der Waals surface area contributed by atoms with Crippen LogP contribution in [-0.4, -0.2) is 18.2 Å². The number of nitrogens with zero attached hydrogens (tertiary/aromatic N) is 2. The van der Waals surface area contributed by atoms with Gasteiger partial charge in [-0.3, -0.25) is 4.98 Å². The SMILES string of the molecule is N#CCc1ccc2cc3c(cc2n1)OCCO3. The lowest BCUT2D eigenvalue weighted by molar-refractivity contribution is 0.172. The van der Waals surface area contributed by atoms with E-state index in [4.69, 9.17) is 14.7 Å². The highest BCUT2D eigenvalue weighted by Gasteiger charge is 2.13. The fraction of sp³-hybridized carbons (Fsp3) is 0.231. The van der Waals surface area contributed by atoms with Crippen molar-refractivity contribution in [2.75, 3.05) is 13.2 Å². The molecule has 1 aliphatic heterocycles. The molecule has 2 heterocycles. The minimum absolute atomic E-state index is 0.324. The zero-order valence-corrected chi connectivity index (χ0v) is 9.14. The van der Waals surface area contributed by atoms with E-state index in [0.29, 0.717) is 19.6 Å². The summed E-state index contributed by atoms with van der Waals surface area (Å²) < 4.78 is 11.0. The van der Waals surface area contributed by atoms with Crippen LogP contribution in [0.25, 0.3) is 10.9 Å². The molecule has 0 unspecified atom stereocenters. The van der Waals surface area contributed by atoms with Crippen molar-refractivity contribution in [3.63, 3.8) is 0 Å². The van der Waals surface area contributed by atoms with Crippen molar-refractivity contribution < 1.29 is 9.47 Å². The lowest BCUT2D eigenvalue weighted by Crippen LogP contribution is -2.15. The van der Waals surface area contributed by atoms with Gasteiger partial charge in [0.05, 0.1) is 23.7 Å². The summed E-state index contributed by atoms with van der Waals surface area (Å²) in [6.07, 6.45) is 0.324. The second-order valence-corrected chi connectivity index (χ2v) is 3.83. The predicted molar refractivity (Wildman–Crippen MR) is 62.1 cm³/mol. The third-order valence-corrected chi connectivity index (χ3v) is 2.67. The number of rotatable bonds is 1. The first-order valence-corrected chi connectivity index (χ1v) is 5.43. The van der Waals surface area contributed by atoms with Crippen molar-refractivity contribution in [1.82, 2.24) is 4.98 Å². The standard InChI is InChI=1S/C13H10N2O2/c14-4-3-10-2-1-9-7-12-13(8-11(9)15-10)17-6-5-16-12/h1-2,7-8H,3,5-6H2. The number of hydrogen-bond acceptors (Lipinski definition) is 4. The van der Waals surface area contributed by atoms with Gasteiger partial charge in [0.2, 0.25) is 0 Å². The molecule has 0 saturated heterocycles. The number of ether oxygens (including phenoxy) is 2. The monoisotopic (exact) mass is 226 g/mol. The second kappa shape index (κ2) is 3.95. The molecule has 3 rings (SSSR count). The van der Waals surface area contributed by atoms with E-state index in [1.54, 1.807) is 0 Å². The Balaban J connectivity index is 2.14. The number of aromatic nitrogens is 1. The minimum Gasteiger partial charge on any atom is -0.486 e. The molecule has 1 aromatic heterocycles. The zero-order valence-electron chi connectivity index (χ0n) is 9.14. The van der Waals surface area contributed by atoms with E-state index in [2.05, 4.69) is 11.1 Å². The summed E-state index contributed by atoms with van der Waals surface area (Å²) in [7, 11) is 0. The fourth-order valence-electron chi connectivity index (χ4n) is 1.88. The molecule has 1 aromatic carbocycles. The van der Waals surface area contributed by atoms with Crippen LogP contribution in [0.2, 0.25) is 0 Å². The summed E-state index contributed by atoms with van der Waals surface area (Å²) in [5.74, 6) is 1.49. The highest BCUT2D eigenvalue weighted by atomic mass is 16.6. The van der Waals surface area contributed by atoms with Crippen molar-refractivity contribution in [2.24, 2.45) is 0 Å². The Labute approximate surface area is 98.4 Å². The molecule has 0 fully saturated rings. The summed E-state index contributed by atoms with van der Waals surface area (Å²) in [5, 5.41) is 9.65. The molecule has 4 heteroatoms. The average molecular weight is 226 g/mol. The Bertz CT molecular complexity index is 617. The van der Waals surface area contributed by atoms with E-state index in [-0.39, 0.29) is 0 Å². The second-order valence-electron chi connectivity index (χ2n) is 3.83. The third kappa shape index (κ3) is 1.76. The minimum atomic E-state index is 0.324. The number of pyridine rings is 1. The number of hydrogen-bond donors (Lipinski definition) is 0. The van der Waals surface area contributed by atoms with Crippen LogP contribution in [0.5, 0.6) is 11.5 Å². The number of nitriles is 1. The van der Waals surface area contributed by atoms with E-state index in [1.165, 1.54) is 0 Å². The van der Waals surface area contributed by atoms with Crippen molar-refractivity contribution in [2.45, 2.75) is 6.42 Å². The summed E-state index contributed by atoms with van der Waals surface area (Å²) in [5.41, 5.74) is 1.61. The lowest BCUT2D eigenvalue weighted by Gasteiger charge is -2.18. The number of fused-ring (bicyclic) bond motifs is 2. The Morgan fingerprint density at radius 1 is 1.18 bits per heavy atom. The van der Waals surface area contributed by atoms with Gasteiger partial charge in [0.25, 0.3) is 0 Å². The van der Waals surface area contributed by atoms with E-state index >= 15 is 0 Å². The van der Waals surface area contributed by atoms with Crippen LogP contribution in [0.1, 0.15) is 5.69 Å². The molecule has 0 saturated carbocycles. The molecule has 0 N–H and O–H groups in total. The van der Waals surface area contributed by atoms with Gasteiger partial charge in [0.1, 0.15) is 13.2 Å². The van der Waals surface area contributed by atoms with Crippen molar-refractivity contribution in [1.29, 1.82) is 5.26 Å². The van der Waals surface area contributed by atoms with Crippen LogP contribution in [-0.2, 0) is 6.42 Å². The van der Waals surface area contributed by atoms with Crippen LogP contribution in [0, 0.1) is 11.3 Å². The van der Waals surface area contributed by atoms with Gasteiger partial charge < -0.3 is 9.47 Å². The smallest absolute Gasteiger partial charge is 0.163 e. The van der Waals surface area contributed by atoms with Gasteiger partial charge in [-0.15, -0.1) is 0 Å². The van der Waals surface area contributed by atoms with E-state index in [9.17, 15) is 0 Å². The van der Waals surface area contributed by atoms with Gasteiger partial charge >= 0.3 is 0 Å². The molecule has 2 aromatic rings. The first-order chi connectivity index (χ1) is 8.36. The third-order valence-electron chi connectivity index (χ3n) is 2.67. The zero-order chi connectivity index (χ0) is 11.7. The molecule has 0 atom stereocenters. The van der Waals surface area contributed by atoms with E-state index in [1.807, 2.05) is 24.3 Å². The Hall–Kier alpha value is -2.28. The summed E-state index contributed by atoms with van der Waals surface area (Å²) >= 11 is 0. The van der Waals surface area contributed by atoms with Gasteiger partial charge in [0, 0.05) is 11.5 Å². The molecule has 4 nitrogen and oxygen atoms in total. The van der Waals surface area contributed by atoms with E-state index < -0.39 is 0 Å². The molecule has 1 aliphatic rings. The molecule has 17 heavy (non-hydrogen) atoms. The van der Waals surface area contributed by atoms with Crippen molar-refractivity contribution in [3.05, 3.63) is 30.0 Å². The lowest BCUT2D eigenvalue weighted by atomic mass is 10.1. The maximum atomic E-state index is 8.65. The van der Waals surface area contributed by atoms with Gasteiger partial charge in [0.15, 0.2) is 11.5 Å². The highest BCUT2D eigenvalue weighted by molar-refractivity contribution is 5.83. The number of benzene rings is 1. The summed E-state index contributed by atoms with van der Waals surface area (Å²) in [6.45, 7) is 1.15. The van der Waals surface area contributed by atoms with Crippen LogP contribution >= 0.6 is 0 Å². The van der Waals surface area contributed by atoms with Gasteiger partial charge in [-0.2, -0.15) is 5.26 Å². The normalized spacial score (nSPS) is 13.4. The summed E-state index contributed by atoms with van der Waals surface area (Å²) in [4.78, 5) is 4.42. The maximum absolute atomic E-state index is 8.65. The largest absolute Gasteiger partial charge is 0.486 e. The maximum Gasteiger partial charge on any atom is 0.163 e. The van der Waals surface area contributed by atoms with Gasteiger partial charge in [-0.25, -0.2) is 0 Å². The molecule has 0 amide bonds. The van der Waals surface area contributed by atoms with Crippen LogP contribution in [0.4, 0.5) is 0 Å². The average Bonchev–Trinajstić information content (AvgIpc) is 2.36. The molecular weight excluding hydrogens is 216 g/mol. The van der Waals surface area contributed by atoms with Crippen molar-refractivity contribution >= 4 is 10.9 Å². The van der Waals surface area contributed by atoms with E-state index in [0.717, 1.165) is 28.1 Å². The summed E-state index contributed by atoms with van der Waals surface area (Å²) in [6, 6.07) is 9.70. The van der Waals surface area contributed by atoms with Gasteiger partial charge in [-0.1, -0.05) is 6.07 Å². The molecule has 0 aliphatic carbocycles. The fourth-order valence-corrected chi connectivity index (χ4v) is 1.88. The first kappa shape index (κ1) is 9.91. The molecule has 0 radical (unpaired) electrons. The predicted octanol–water partition coefficient (Wildman–Crippen LogP) is 2.07. The Morgan fingerprint density at radius 2 is 1.94 bits per heavy atom.